The van der Waals surface area contributed by atoms with Gasteiger partial charge in [0.2, 0.25) is 5.91 Å². The molecule has 1 amide bonds. The highest BCUT2D eigenvalue weighted by molar-refractivity contribution is 5.83. The van der Waals surface area contributed by atoms with Gasteiger partial charge in [0, 0.05) is 24.9 Å². The van der Waals surface area contributed by atoms with Crippen molar-refractivity contribution in [1.29, 1.82) is 0 Å². The van der Waals surface area contributed by atoms with Gasteiger partial charge in [-0.05, 0) is 23.8 Å². The summed E-state index contributed by atoms with van der Waals surface area (Å²) in [6.07, 6.45) is 7.53. The van der Waals surface area contributed by atoms with Crippen LogP contribution in [-0.4, -0.2) is 35.0 Å². The molecular weight excluding hydrogens is 314 g/mol. The zero-order chi connectivity index (χ0) is 17.4. The molecule has 4 nitrogen and oxygen atoms in total. The number of carbonyl (C=O) groups is 2. The predicted octanol–water partition coefficient (Wildman–Crippen LogP) is 3.53. The highest BCUT2D eigenvalue weighted by atomic mass is 16.4. The largest absolute Gasteiger partial charge is 0.481 e. The Morgan fingerprint density at radius 1 is 0.960 bits per heavy atom. The minimum absolute atomic E-state index is 0.0884. The number of benzene rings is 1. The van der Waals surface area contributed by atoms with Crippen molar-refractivity contribution in [1.82, 2.24) is 4.90 Å². The van der Waals surface area contributed by atoms with Crippen LogP contribution in [0.15, 0.2) is 30.3 Å². The lowest BCUT2D eigenvalue weighted by Crippen LogP contribution is -2.32. The third-order valence-electron chi connectivity index (χ3n) is 6.59. The maximum absolute atomic E-state index is 12.9. The van der Waals surface area contributed by atoms with Crippen LogP contribution in [0.2, 0.25) is 0 Å². The first-order chi connectivity index (χ1) is 12.1. The zero-order valence-electron chi connectivity index (χ0n) is 14.6. The smallest absolute Gasteiger partial charge is 0.308 e. The van der Waals surface area contributed by atoms with E-state index in [4.69, 9.17) is 0 Å². The van der Waals surface area contributed by atoms with Crippen LogP contribution in [0, 0.1) is 23.7 Å². The molecule has 1 saturated heterocycles. The summed E-state index contributed by atoms with van der Waals surface area (Å²) in [5.41, 5.74) is 1.03. The Morgan fingerprint density at radius 2 is 1.68 bits per heavy atom. The van der Waals surface area contributed by atoms with Gasteiger partial charge in [0.25, 0.3) is 0 Å². The van der Waals surface area contributed by atoms with Crippen molar-refractivity contribution < 1.29 is 14.7 Å². The van der Waals surface area contributed by atoms with Crippen LogP contribution in [0.1, 0.15) is 50.0 Å². The van der Waals surface area contributed by atoms with Gasteiger partial charge in [-0.3, -0.25) is 9.59 Å². The molecule has 134 valence electrons. The van der Waals surface area contributed by atoms with Crippen molar-refractivity contribution in [2.45, 2.75) is 44.4 Å². The molecule has 1 aromatic carbocycles. The van der Waals surface area contributed by atoms with Crippen LogP contribution in [0.3, 0.4) is 0 Å². The Labute approximate surface area is 149 Å². The molecule has 4 atom stereocenters. The van der Waals surface area contributed by atoms with E-state index in [1.54, 1.807) is 0 Å². The minimum Gasteiger partial charge on any atom is -0.481 e. The van der Waals surface area contributed by atoms with E-state index < -0.39 is 11.9 Å². The molecule has 0 bridgehead atoms. The Bertz CT molecular complexity index is 638. The Balaban J connectivity index is 1.43. The Hall–Kier alpha value is -1.84. The van der Waals surface area contributed by atoms with Crippen LogP contribution < -0.4 is 0 Å². The van der Waals surface area contributed by atoms with Gasteiger partial charge in [0.1, 0.15) is 0 Å². The number of hydrogen-bond donors (Lipinski definition) is 1. The topological polar surface area (TPSA) is 57.6 Å². The van der Waals surface area contributed by atoms with Gasteiger partial charge in [0.05, 0.1) is 5.92 Å². The molecule has 1 N–H and O–H groups in total. The van der Waals surface area contributed by atoms with Gasteiger partial charge >= 0.3 is 5.97 Å². The van der Waals surface area contributed by atoms with Gasteiger partial charge in [-0.1, -0.05) is 62.4 Å². The molecular formula is C21H27NO3. The number of carboxylic acids is 1. The molecule has 1 aliphatic heterocycles. The van der Waals surface area contributed by atoms with Gasteiger partial charge in [-0.25, -0.2) is 0 Å². The Morgan fingerprint density at radius 3 is 2.36 bits per heavy atom. The summed E-state index contributed by atoms with van der Waals surface area (Å²) >= 11 is 0. The summed E-state index contributed by atoms with van der Waals surface area (Å²) in [6, 6.07) is 9.79. The Kier molecular flexibility index (Phi) is 4.53. The molecule has 4 rings (SSSR count). The highest BCUT2D eigenvalue weighted by Gasteiger charge is 2.51. The monoisotopic (exact) mass is 341 g/mol. The van der Waals surface area contributed by atoms with E-state index in [2.05, 4.69) is 0 Å². The fraction of sp³-hybridized carbons (Fsp3) is 0.619. The normalized spacial score (nSPS) is 32.6. The van der Waals surface area contributed by atoms with E-state index in [0.29, 0.717) is 19.0 Å². The van der Waals surface area contributed by atoms with E-state index in [1.807, 2.05) is 35.2 Å². The average Bonchev–Trinajstić information content (AvgIpc) is 3.32. The number of rotatable bonds is 4. The summed E-state index contributed by atoms with van der Waals surface area (Å²) in [6.45, 7) is 0.912. The molecule has 2 saturated carbocycles. The number of carbonyl (C=O) groups excluding carboxylic acids is 1. The molecule has 2 unspecified atom stereocenters. The quantitative estimate of drug-likeness (QED) is 0.911. The van der Waals surface area contributed by atoms with Crippen LogP contribution in [0.25, 0.3) is 0 Å². The number of aliphatic carboxylic acids is 1. The van der Waals surface area contributed by atoms with E-state index in [0.717, 1.165) is 17.9 Å². The lowest BCUT2D eigenvalue weighted by molar-refractivity contribution is -0.142. The number of hydrogen-bond acceptors (Lipinski definition) is 2. The molecule has 3 fully saturated rings. The zero-order valence-corrected chi connectivity index (χ0v) is 14.6. The van der Waals surface area contributed by atoms with Crippen molar-refractivity contribution in [3.05, 3.63) is 35.9 Å². The van der Waals surface area contributed by atoms with Crippen molar-refractivity contribution in [3.8, 4) is 0 Å². The van der Waals surface area contributed by atoms with Crippen molar-refractivity contribution in [3.63, 3.8) is 0 Å². The predicted molar refractivity (Wildman–Crippen MR) is 95.1 cm³/mol. The highest BCUT2D eigenvalue weighted by Crippen LogP contribution is 2.51. The van der Waals surface area contributed by atoms with Crippen molar-refractivity contribution in [2.75, 3.05) is 13.1 Å². The van der Waals surface area contributed by atoms with Crippen LogP contribution in [0.5, 0.6) is 0 Å². The summed E-state index contributed by atoms with van der Waals surface area (Å²) < 4.78 is 0. The van der Waals surface area contributed by atoms with Gasteiger partial charge in [-0.15, -0.1) is 0 Å². The summed E-state index contributed by atoms with van der Waals surface area (Å²) in [7, 11) is 0. The fourth-order valence-electron chi connectivity index (χ4n) is 5.09. The first-order valence-electron chi connectivity index (χ1n) is 9.71. The lowest BCUT2D eigenvalue weighted by Gasteiger charge is -2.22. The summed E-state index contributed by atoms with van der Waals surface area (Å²) in [5, 5.41) is 9.62. The standard InChI is InChI=1S/C21H27NO3/c23-20(17-11-16(17)14-7-3-1-4-8-14)22-12-18(19(13-22)21(24)25)15-9-5-2-6-10-15/h2,5-6,9-10,14,16-19H,1,3-4,7-8,11-13H2,(H,24,25)/t16?,17?,18-,19-/m1/s1. The average molecular weight is 341 g/mol. The summed E-state index contributed by atoms with van der Waals surface area (Å²) in [5.74, 6) is 0.293. The van der Waals surface area contributed by atoms with Gasteiger partial charge in [-0.2, -0.15) is 0 Å². The second-order valence-electron chi connectivity index (χ2n) is 8.11. The maximum Gasteiger partial charge on any atom is 0.308 e. The first kappa shape index (κ1) is 16.6. The van der Waals surface area contributed by atoms with Crippen molar-refractivity contribution in [2.24, 2.45) is 23.7 Å². The second kappa shape index (κ2) is 6.81. The molecule has 0 aromatic heterocycles. The molecule has 4 heteroatoms. The van der Waals surface area contributed by atoms with Crippen LogP contribution in [-0.2, 0) is 9.59 Å². The second-order valence-corrected chi connectivity index (χ2v) is 8.11. The van der Waals surface area contributed by atoms with E-state index >= 15 is 0 Å². The summed E-state index contributed by atoms with van der Waals surface area (Å²) in [4.78, 5) is 26.5. The molecule has 1 aromatic rings. The third kappa shape index (κ3) is 3.31. The molecule has 3 aliphatic rings. The first-order valence-corrected chi connectivity index (χ1v) is 9.71. The SMILES string of the molecule is O=C(O)[C@@H]1CN(C(=O)C2CC2C2CCCCC2)C[C@@H]1c1ccccc1. The lowest BCUT2D eigenvalue weighted by atomic mass is 9.85. The van der Waals surface area contributed by atoms with E-state index in [-0.39, 0.29) is 17.7 Å². The number of nitrogens with zero attached hydrogens (tertiary/aromatic N) is 1. The molecule has 0 spiro atoms. The number of likely N-dealkylation sites (tertiary alicyclic amines) is 1. The fourth-order valence-corrected chi connectivity index (χ4v) is 5.09. The van der Waals surface area contributed by atoms with Crippen molar-refractivity contribution >= 4 is 11.9 Å². The molecule has 0 radical (unpaired) electrons. The third-order valence-corrected chi connectivity index (χ3v) is 6.59. The molecule has 25 heavy (non-hydrogen) atoms. The van der Waals surface area contributed by atoms with Crippen LogP contribution in [0.4, 0.5) is 0 Å². The maximum atomic E-state index is 12.9. The van der Waals surface area contributed by atoms with E-state index in [9.17, 15) is 14.7 Å². The molecule has 1 heterocycles. The van der Waals surface area contributed by atoms with Gasteiger partial charge in [0.15, 0.2) is 0 Å². The van der Waals surface area contributed by atoms with Gasteiger partial charge < -0.3 is 10.0 Å². The number of amides is 1. The minimum atomic E-state index is -0.788. The number of carboxylic acid groups (broad SMARTS) is 1. The molecule has 2 aliphatic carbocycles. The van der Waals surface area contributed by atoms with Crippen LogP contribution >= 0.6 is 0 Å². The van der Waals surface area contributed by atoms with E-state index in [1.165, 1.54) is 32.1 Å².